The van der Waals surface area contributed by atoms with E-state index >= 15 is 0 Å². The molecule has 2 fully saturated rings. The Bertz CT molecular complexity index is 295. The van der Waals surface area contributed by atoms with Crippen LogP contribution in [0.5, 0.6) is 0 Å². The van der Waals surface area contributed by atoms with Crippen molar-refractivity contribution in [2.75, 3.05) is 0 Å². The van der Waals surface area contributed by atoms with Gasteiger partial charge in [0, 0.05) is 12.1 Å². The molecule has 0 radical (unpaired) electrons. The van der Waals surface area contributed by atoms with Crippen LogP contribution in [0.1, 0.15) is 47.0 Å². The highest BCUT2D eigenvalue weighted by molar-refractivity contribution is 5.80. The maximum absolute atomic E-state index is 12.1. The first-order chi connectivity index (χ1) is 7.28. The van der Waals surface area contributed by atoms with Gasteiger partial charge in [0.15, 0.2) is 0 Å². The second-order valence-electron chi connectivity index (χ2n) is 6.59. The van der Waals surface area contributed by atoms with Crippen LogP contribution in [0, 0.1) is 16.7 Å². The third-order valence-electron chi connectivity index (χ3n) is 5.21. The normalized spacial score (nSPS) is 36.1. The van der Waals surface area contributed by atoms with Crippen molar-refractivity contribution in [2.45, 2.75) is 59.0 Å². The van der Waals surface area contributed by atoms with Crippen molar-refractivity contribution in [3.05, 3.63) is 0 Å². The quantitative estimate of drug-likeness (QED) is 0.749. The highest BCUT2D eigenvalue weighted by Crippen LogP contribution is 2.62. The molecule has 2 atom stereocenters. The summed E-state index contributed by atoms with van der Waals surface area (Å²) < 4.78 is 0. The summed E-state index contributed by atoms with van der Waals surface area (Å²) in [6.45, 7) is 8.86. The second kappa shape index (κ2) is 3.46. The Balaban J connectivity index is 1.95. The van der Waals surface area contributed by atoms with Crippen LogP contribution >= 0.6 is 0 Å². The lowest BCUT2D eigenvalue weighted by Gasteiger charge is -2.16. The molecule has 2 unspecified atom stereocenters. The smallest absolute Gasteiger partial charge is 0.224 e. The highest BCUT2D eigenvalue weighted by atomic mass is 16.2. The minimum atomic E-state index is 0.0483. The van der Waals surface area contributed by atoms with Gasteiger partial charge in [-0.1, -0.05) is 34.1 Å². The summed E-state index contributed by atoms with van der Waals surface area (Å²) >= 11 is 0. The van der Waals surface area contributed by atoms with E-state index in [1.54, 1.807) is 0 Å². The molecule has 3 N–H and O–H groups in total. The zero-order chi connectivity index (χ0) is 12.1. The van der Waals surface area contributed by atoms with Crippen molar-refractivity contribution in [3.8, 4) is 0 Å². The molecule has 2 aliphatic carbocycles. The van der Waals surface area contributed by atoms with Gasteiger partial charge in [-0.05, 0) is 23.7 Å². The molecule has 2 rings (SSSR count). The molecule has 0 aliphatic heterocycles. The molecule has 16 heavy (non-hydrogen) atoms. The maximum Gasteiger partial charge on any atom is 0.224 e. The summed E-state index contributed by atoms with van der Waals surface area (Å²) in [7, 11) is 0. The van der Waals surface area contributed by atoms with Crippen LogP contribution in [0.3, 0.4) is 0 Å². The number of nitrogens with two attached hydrogens (primary N) is 1. The zero-order valence-corrected chi connectivity index (χ0v) is 10.8. The molecule has 92 valence electrons. The zero-order valence-electron chi connectivity index (χ0n) is 10.8. The van der Waals surface area contributed by atoms with Gasteiger partial charge in [-0.25, -0.2) is 0 Å². The van der Waals surface area contributed by atoms with Gasteiger partial charge >= 0.3 is 0 Å². The van der Waals surface area contributed by atoms with E-state index in [1.807, 2.05) is 0 Å². The van der Waals surface area contributed by atoms with E-state index in [1.165, 1.54) is 0 Å². The fraction of sp³-hybridized carbons (Fsp3) is 0.923. The van der Waals surface area contributed by atoms with Crippen LogP contribution in [0.25, 0.3) is 0 Å². The van der Waals surface area contributed by atoms with Gasteiger partial charge in [-0.3, -0.25) is 4.79 Å². The average molecular weight is 224 g/mol. The molecule has 2 aliphatic rings. The molecule has 0 bridgehead atoms. The number of rotatable bonds is 2. The van der Waals surface area contributed by atoms with Gasteiger partial charge in [0.1, 0.15) is 0 Å². The van der Waals surface area contributed by atoms with Crippen LogP contribution in [-0.4, -0.2) is 18.0 Å². The van der Waals surface area contributed by atoms with Gasteiger partial charge in [-0.2, -0.15) is 0 Å². The molecule has 1 amide bonds. The van der Waals surface area contributed by atoms with Crippen LogP contribution in [-0.2, 0) is 4.79 Å². The molecular weight excluding hydrogens is 200 g/mol. The van der Waals surface area contributed by atoms with Gasteiger partial charge in [0.05, 0.1) is 5.92 Å². The summed E-state index contributed by atoms with van der Waals surface area (Å²) in [6.07, 6.45) is 3.05. The molecule has 0 saturated heterocycles. The molecule has 0 heterocycles. The summed E-state index contributed by atoms with van der Waals surface area (Å²) in [4.78, 5) is 12.1. The summed E-state index contributed by atoms with van der Waals surface area (Å²) in [5.74, 6) is 0.223. The number of carbonyl (C=O) groups excluding carboxylic acids is 1. The number of hydrogen-bond donors (Lipinski definition) is 2. The molecule has 0 aromatic heterocycles. The lowest BCUT2D eigenvalue weighted by molar-refractivity contribution is -0.125. The van der Waals surface area contributed by atoms with Crippen LogP contribution in [0.2, 0.25) is 0 Å². The largest absolute Gasteiger partial charge is 0.352 e. The van der Waals surface area contributed by atoms with Crippen molar-refractivity contribution in [3.63, 3.8) is 0 Å². The van der Waals surface area contributed by atoms with E-state index in [2.05, 4.69) is 33.0 Å². The Labute approximate surface area is 98.2 Å². The third-order valence-corrected chi connectivity index (χ3v) is 5.21. The Morgan fingerprint density at radius 1 is 1.19 bits per heavy atom. The summed E-state index contributed by atoms with van der Waals surface area (Å²) in [5, 5.41) is 3.19. The van der Waals surface area contributed by atoms with Gasteiger partial charge in [-0.15, -0.1) is 0 Å². The van der Waals surface area contributed by atoms with Crippen molar-refractivity contribution in [1.29, 1.82) is 0 Å². The fourth-order valence-corrected chi connectivity index (χ4v) is 3.12. The second-order valence-corrected chi connectivity index (χ2v) is 6.59. The van der Waals surface area contributed by atoms with Crippen molar-refractivity contribution >= 4 is 5.91 Å². The Morgan fingerprint density at radius 2 is 1.75 bits per heavy atom. The predicted molar refractivity (Wildman–Crippen MR) is 64.8 cm³/mol. The SMILES string of the molecule is CC1(C)C(NC(=O)C2CCCC2N)C1(C)C. The minimum absolute atomic E-state index is 0.0483. The van der Waals surface area contributed by atoms with Crippen molar-refractivity contribution < 1.29 is 4.79 Å². The number of hydrogen-bond acceptors (Lipinski definition) is 2. The molecule has 0 spiro atoms. The minimum Gasteiger partial charge on any atom is -0.352 e. The standard InChI is InChI=1S/C13H24N2O/c1-12(2)11(13(12,3)4)15-10(16)8-6-5-7-9(8)14/h8-9,11H,5-7,14H2,1-4H3,(H,15,16). The van der Waals surface area contributed by atoms with Gasteiger partial charge in [0.2, 0.25) is 5.91 Å². The molecular formula is C13H24N2O. The lowest BCUT2D eigenvalue weighted by atomic mass is 10.0. The van der Waals surface area contributed by atoms with E-state index in [-0.39, 0.29) is 28.7 Å². The maximum atomic E-state index is 12.1. The van der Waals surface area contributed by atoms with Crippen molar-refractivity contribution in [2.24, 2.45) is 22.5 Å². The number of nitrogens with one attached hydrogen (secondary N) is 1. The first-order valence-electron chi connectivity index (χ1n) is 6.34. The Kier molecular flexibility index (Phi) is 2.57. The number of carbonyl (C=O) groups is 1. The average Bonchev–Trinajstić information content (AvgIpc) is 2.57. The van der Waals surface area contributed by atoms with E-state index in [0.717, 1.165) is 19.3 Å². The molecule has 0 aromatic carbocycles. The Morgan fingerprint density at radius 3 is 2.12 bits per heavy atom. The first-order valence-corrected chi connectivity index (χ1v) is 6.34. The van der Waals surface area contributed by atoms with E-state index in [9.17, 15) is 4.79 Å². The predicted octanol–water partition coefficient (Wildman–Crippen LogP) is 1.66. The van der Waals surface area contributed by atoms with E-state index in [4.69, 9.17) is 5.73 Å². The van der Waals surface area contributed by atoms with Crippen LogP contribution < -0.4 is 11.1 Å². The topological polar surface area (TPSA) is 55.1 Å². The monoisotopic (exact) mass is 224 g/mol. The van der Waals surface area contributed by atoms with Crippen LogP contribution in [0.4, 0.5) is 0 Å². The summed E-state index contributed by atoms with van der Waals surface area (Å²) in [6, 6.07) is 0.380. The van der Waals surface area contributed by atoms with Gasteiger partial charge in [0.25, 0.3) is 0 Å². The van der Waals surface area contributed by atoms with E-state index in [0.29, 0.717) is 6.04 Å². The molecule has 3 heteroatoms. The summed E-state index contributed by atoms with van der Waals surface area (Å²) in [5.41, 5.74) is 6.38. The van der Waals surface area contributed by atoms with Gasteiger partial charge < -0.3 is 11.1 Å². The van der Waals surface area contributed by atoms with Crippen molar-refractivity contribution in [1.82, 2.24) is 5.32 Å². The molecule has 2 saturated carbocycles. The Hall–Kier alpha value is -0.570. The van der Waals surface area contributed by atoms with E-state index < -0.39 is 0 Å². The first kappa shape index (κ1) is 11.9. The molecule has 3 nitrogen and oxygen atoms in total. The molecule has 0 aromatic rings. The number of amides is 1. The van der Waals surface area contributed by atoms with Crippen LogP contribution in [0.15, 0.2) is 0 Å². The fourth-order valence-electron chi connectivity index (χ4n) is 3.12. The third kappa shape index (κ3) is 1.56. The highest BCUT2D eigenvalue weighted by Gasteiger charge is 2.65. The lowest BCUT2D eigenvalue weighted by Crippen LogP contribution is -2.41.